The summed E-state index contributed by atoms with van der Waals surface area (Å²) in [6.07, 6.45) is 1.71. The molecule has 0 radical (unpaired) electrons. The molecule has 4 nitrogen and oxygen atoms in total. The summed E-state index contributed by atoms with van der Waals surface area (Å²) < 4.78 is 1.91. The molecule has 0 bridgehead atoms. The van der Waals surface area contributed by atoms with E-state index in [-0.39, 0.29) is 0 Å². The summed E-state index contributed by atoms with van der Waals surface area (Å²) >= 11 is 3.33. The standard InChI is InChI=1S/C13H12N4S2/c1-17-9-14-16-13(17)19-8-11-7-18-12(15-11)10-5-3-2-4-6-10/h2-7,9H,8H2,1H3. The van der Waals surface area contributed by atoms with Gasteiger partial charge in [-0.25, -0.2) is 4.98 Å². The van der Waals surface area contributed by atoms with Crippen molar-refractivity contribution in [2.45, 2.75) is 10.9 Å². The fourth-order valence-corrected chi connectivity index (χ4v) is 3.34. The fourth-order valence-electron chi connectivity index (χ4n) is 1.63. The Hall–Kier alpha value is -1.66. The Labute approximate surface area is 119 Å². The average Bonchev–Trinajstić information content (AvgIpc) is 3.06. The maximum absolute atomic E-state index is 4.65. The first-order valence-corrected chi connectivity index (χ1v) is 7.66. The number of benzene rings is 1. The molecule has 0 fully saturated rings. The van der Waals surface area contributed by atoms with Crippen LogP contribution in [-0.4, -0.2) is 19.7 Å². The summed E-state index contributed by atoms with van der Waals surface area (Å²) in [5.74, 6) is 0.815. The third kappa shape index (κ3) is 2.85. The van der Waals surface area contributed by atoms with Crippen molar-refractivity contribution in [1.29, 1.82) is 0 Å². The smallest absolute Gasteiger partial charge is 0.191 e. The molecule has 2 aromatic heterocycles. The average molecular weight is 288 g/mol. The van der Waals surface area contributed by atoms with Gasteiger partial charge in [-0.1, -0.05) is 42.1 Å². The second-order valence-electron chi connectivity index (χ2n) is 4.02. The number of aromatic nitrogens is 4. The highest BCUT2D eigenvalue weighted by atomic mass is 32.2. The van der Waals surface area contributed by atoms with Crippen LogP contribution in [0.4, 0.5) is 0 Å². The number of nitrogens with zero attached hydrogens (tertiary/aromatic N) is 4. The molecule has 0 saturated carbocycles. The van der Waals surface area contributed by atoms with E-state index < -0.39 is 0 Å². The lowest BCUT2D eigenvalue weighted by atomic mass is 10.2. The number of thiazole rings is 1. The lowest BCUT2D eigenvalue weighted by molar-refractivity contribution is 0.788. The van der Waals surface area contributed by atoms with E-state index in [1.165, 1.54) is 5.56 Å². The van der Waals surface area contributed by atoms with Gasteiger partial charge in [0.2, 0.25) is 0 Å². The summed E-state index contributed by atoms with van der Waals surface area (Å²) in [5, 5.41) is 12.0. The van der Waals surface area contributed by atoms with Gasteiger partial charge in [-0.15, -0.1) is 21.5 Å². The van der Waals surface area contributed by atoms with Crippen molar-refractivity contribution in [3.8, 4) is 10.6 Å². The Morgan fingerprint density at radius 2 is 2.11 bits per heavy atom. The molecule has 0 unspecified atom stereocenters. The zero-order valence-electron chi connectivity index (χ0n) is 10.4. The number of hydrogen-bond acceptors (Lipinski definition) is 5. The van der Waals surface area contributed by atoms with Crippen LogP contribution in [0.1, 0.15) is 5.69 Å². The molecule has 0 aliphatic rings. The number of aryl methyl sites for hydroxylation is 1. The van der Waals surface area contributed by atoms with Gasteiger partial charge < -0.3 is 4.57 Å². The van der Waals surface area contributed by atoms with Crippen molar-refractivity contribution in [2.24, 2.45) is 7.05 Å². The molecule has 0 aliphatic heterocycles. The van der Waals surface area contributed by atoms with Gasteiger partial charge in [-0.2, -0.15) is 0 Å². The molecule has 1 aromatic carbocycles. The largest absolute Gasteiger partial charge is 0.312 e. The Bertz CT molecular complexity index is 660. The Morgan fingerprint density at radius 1 is 1.26 bits per heavy atom. The third-order valence-corrected chi connectivity index (χ3v) is 4.60. The first-order chi connectivity index (χ1) is 9.33. The van der Waals surface area contributed by atoms with Crippen LogP contribution < -0.4 is 0 Å². The van der Waals surface area contributed by atoms with Crippen LogP contribution in [0.15, 0.2) is 47.2 Å². The van der Waals surface area contributed by atoms with E-state index in [2.05, 4.69) is 32.7 Å². The van der Waals surface area contributed by atoms with Gasteiger partial charge in [0.15, 0.2) is 5.16 Å². The zero-order chi connectivity index (χ0) is 13.1. The number of thioether (sulfide) groups is 1. The van der Waals surface area contributed by atoms with Crippen LogP contribution in [0.2, 0.25) is 0 Å². The normalized spacial score (nSPS) is 10.8. The fraction of sp³-hybridized carbons (Fsp3) is 0.154. The minimum atomic E-state index is 0.815. The highest BCUT2D eigenvalue weighted by Crippen LogP contribution is 2.26. The number of hydrogen-bond donors (Lipinski definition) is 0. The molecule has 19 heavy (non-hydrogen) atoms. The van der Waals surface area contributed by atoms with E-state index >= 15 is 0 Å². The predicted octanol–water partition coefficient (Wildman–Crippen LogP) is 3.23. The summed E-state index contributed by atoms with van der Waals surface area (Å²) in [6.45, 7) is 0. The van der Waals surface area contributed by atoms with Crippen LogP contribution in [0.5, 0.6) is 0 Å². The molecule has 0 amide bonds. The molecule has 0 spiro atoms. The maximum Gasteiger partial charge on any atom is 0.191 e. The Kier molecular flexibility index (Phi) is 3.61. The van der Waals surface area contributed by atoms with E-state index in [9.17, 15) is 0 Å². The molecule has 96 valence electrons. The molecular weight excluding hydrogens is 276 g/mol. The highest BCUT2D eigenvalue weighted by Gasteiger charge is 2.07. The van der Waals surface area contributed by atoms with Gasteiger partial charge in [-0.05, 0) is 0 Å². The minimum Gasteiger partial charge on any atom is -0.312 e. The van der Waals surface area contributed by atoms with Gasteiger partial charge in [0.1, 0.15) is 11.3 Å². The van der Waals surface area contributed by atoms with E-state index in [4.69, 9.17) is 0 Å². The highest BCUT2D eigenvalue weighted by molar-refractivity contribution is 7.98. The molecular formula is C13H12N4S2. The molecule has 3 rings (SSSR count). The molecule has 2 heterocycles. The van der Waals surface area contributed by atoms with Crippen molar-refractivity contribution in [2.75, 3.05) is 0 Å². The zero-order valence-corrected chi connectivity index (χ0v) is 12.0. The molecule has 6 heteroatoms. The van der Waals surface area contributed by atoms with Crippen LogP contribution in [0.3, 0.4) is 0 Å². The van der Waals surface area contributed by atoms with Gasteiger partial charge in [0.25, 0.3) is 0 Å². The van der Waals surface area contributed by atoms with E-state index in [0.717, 1.165) is 21.6 Å². The molecule has 3 aromatic rings. The van der Waals surface area contributed by atoms with Crippen LogP contribution in [0, 0.1) is 0 Å². The lowest BCUT2D eigenvalue weighted by Gasteiger charge is -1.97. The van der Waals surface area contributed by atoms with Gasteiger partial charge in [-0.3, -0.25) is 0 Å². The van der Waals surface area contributed by atoms with E-state index in [1.807, 2.05) is 29.8 Å². The van der Waals surface area contributed by atoms with E-state index in [0.29, 0.717) is 0 Å². The topological polar surface area (TPSA) is 43.6 Å². The van der Waals surface area contributed by atoms with Crippen LogP contribution in [-0.2, 0) is 12.8 Å². The maximum atomic E-state index is 4.65. The Balaban J connectivity index is 1.70. The minimum absolute atomic E-state index is 0.815. The predicted molar refractivity (Wildman–Crippen MR) is 78.1 cm³/mol. The third-order valence-electron chi connectivity index (χ3n) is 2.59. The van der Waals surface area contributed by atoms with Gasteiger partial charge in [0.05, 0.1) is 5.69 Å². The van der Waals surface area contributed by atoms with Crippen molar-refractivity contribution in [3.63, 3.8) is 0 Å². The van der Waals surface area contributed by atoms with Crippen LogP contribution in [0.25, 0.3) is 10.6 Å². The summed E-state index contributed by atoms with van der Waals surface area (Å²) in [4.78, 5) is 4.65. The number of rotatable bonds is 4. The summed E-state index contributed by atoms with van der Waals surface area (Å²) in [7, 11) is 1.94. The quantitative estimate of drug-likeness (QED) is 0.691. The molecule has 0 aliphatic carbocycles. The Morgan fingerprint density at radius 3 is 2.84 bits per heavy atom. The van der Waals surface area contributed by atoms with E-state index in [1.54, 1.807) is 29.4 Å². The first-order valence-electron chi connectivity index (χ1n) is 5.79. The second-order valence-corrected chi connectivity index (χ2v) is 5.82. The van der Waals surface area contributed by atoms with Crippen molar-refractivity contribution < 1.29 is 0 Å². The SMILES string of the molecule is Cn1cnnc1SCc1csc(-c2ccccc2)n1. The monoisotopic (exact) mass is 288 g/mol. The molecule has 0 atom stereocenters. The second kappa shape index (κ2) is 5.54. The first kappa shape index (κ1) is 12.4. The van der Waals surface area contributed by atoms with Crippen LogP contribution >= 0.6 is 23.1 Å². The lowest BCUT2D eigenvalue weighted by Crippen LogP contribution is -1.90. The summed E-state index contributed by atoms with van der Waals surface area (Å²) in [5.41, 5.74) is 2.25. The molecule has 0 N–H and O–H groups in total. The van der Waals surface area contributed by atoms with Gasteiger partial charge in [0, 0.05) is 23.7 Å². The van der Waals surface area contributed by atoms with Crippen molar-refractivity contribution in [1.82, 2.24) is 19.7 Å². The van der Waals surface area contributed by atoms with Gasteiger partial charge >= 0.3 is 0 Å². The molecule has 0 saturated heterocycles. The van der Waals surface area contributed by atoms with Crippen molar-refractivity contribution >= 4 is 23.1 Å². The summed E-state index contributed by atoms with van der Waals surface area (Å²) in [6, 6.07) is 10.2. The van der Waals surface area contributed by atoms with Crippen molar-refractivity contribution in [3.05, 3.63) is 47.7 Å².